The van der Waals surface area contributed by atoms with Crippen molar-refractivity contribution >= 4 is 34.0 Å². The summed E-state index contributed by atoms with van der Waals surface area (Å²) in [6.07, 6.45) is 0.442. The van der Waals surface area contributed by atoms with Crippen LogP contribution in [0.4, 0.5) is 5.69 Å². The molecule has 8 heteroatoms. The minimum Gasteiger partial charge on any atom is -0.489 e. The van der Waals surface area contributed by atoms with Crippen LogP contribution in [0.5, 0.6) is 5.75 Å². The van der Waals surface area contributed by atoms with Crippen molar-refractivity contribution in [3.8, 4) is 5.75 Å². The first kappa shape index (κ1) is 18.8. The molecule has 3 rings (SSSR count). The van der Waals surface area contributed by atoms with Crippen LogP contribution in [-0.2, 0) is 11.4 Å². The predicted molar refractivity (Wildman–Crippen MR) is 106 cm³/mol. The van der Waals surface area contributed by atoms with Crippen LogP contribution in [0.15, 0.2) is 58.7 Å². The molecule has 1 aliphatic rings. The van der Waals surface area contributed by atoms with Crippen LogP contribution >= 0.6 is 11.8 Å². The summed E-state index contributed by atoms with van der Waals surface area (Å²) in [7, 11) is 0. The Morgan fingerprint density at radius 1 is 1.22 bits per heavy atom. The summed E-state index contributed by atoms with van der Waals surface area (Å²) < 4.78 is 5.74. The molecular formula is C19H17N3O4S. The monoisotopic (exact) mass is 383 g/mol. The van der Waals surface area contributed by atoms with Crippen molar-refractivity contribution < 1.29 is 14.5 Å². The molecule has 138 valence electrons. The molecule has 1 heterocycles. The number of ketones is 1. The highest BCUT2D eigenvalue weighted by Crippen LogP contribution is 2.27. The smallest absolute Gasteiger partial charge is 0.273 e. The number of ether oxygens (including phenoxy) is 1. The van der Waals surface area contributed by atoms with Gasteiger partial charge in [0.2, 0.25) is 0 Å². The van der Waals surface area contributed by atoms with E-state index in [9.17, 15) is 14.9 Å². The number of nitro groups is 1. The second kappa shape index (κ2) is 8.59. The number of nitro benzene ring substituents is 1. The van der Waals surface area contributed by atoms with Gasteiger partial charge in [-0.2, -0.15) is 5.10 Å². The van der Waals surface area contributed by atoms with Gasteiger partial charge in [-0.25, -0.2) is 0 Å². The highest BCUT2D eigenvalue weighted by Gasteiger charge is 2.19. The van der Waals surface area contributed by atoms with E-state index in [0.717, 1.165) is 10.6 Å². The van der Waals surface area contributed by atoms with Gasteiger partial charge in [-0.05, 0) is 18.6 Å². The fourth-order valence-corrected chi connectivity index (χ4v) is 3.14. The van der Waals surface area contributed by atoms with Crippen LogP contribution in [0.25, 0.3) is 0 Å². The summed E-state index contributed by atoms with van der Waals surface area (Å²) in [5.41, 5.74) is 2.11. The number of carbonyl (C=O) groups is 1. The van der Waals surface area contributed by atoms with Crippen molar-refractivity contribution in [2.75, 3.05) is 5.75 Å². The Morgan fingerprint density at radius 3 is 2.70 bits per heavy atom. The first-order valence-corrected chi connectivity index (χ1v) is 9.22. The lowest BCUT2D eigenvalue weighted by molar-refractivity contribution is -0.385. The number of hydrogen-bond donors (Lipinski definition) is 0. The second-order valence-electron chi connectivity index (χ2n) is 5.95. The van der Waals surface area contributed by atoms with Crippen molar-refractivity contribution in [3.05, 3.63) is 69.8 Å². The van der Waals surface area contributed by atoms with Crippen LogP contribution in [0.3, 0.4) is 0 Å². The molecule has 1 aliphatic heterocycles. The number of rotatable bonds is 7. The molecule has 0 bridgehead atoms. The lowest BCUT2D eigenvalue weighted by atomic mass is 10.1. The predicted octanol–water partition coefficient (Wildman–Crippen LogP) is 4.00. The molecule has 0 radical (unpaired) electrons. The van der Waals surface area contributed by atoms with Gasteiger partial charge in [0.05, 0.1) is 22.5 Å². The maximum absolute atomic E-state index is 11.3. The normalized spacial score (nSPS) is 13.1. The van der Waals surface area contributed by atoms with Crippen molar-refractivity contribution in [1.29, 1.82) is 0 Å². The summed E-state index contributed by atoms with van der Waals surface area (Å²) in [6.45, 7) is 1.82. The topological polar surface area (TPSA) is 94.2 Å². The number of benzene rings is 2. The van der Waals surface area contributed by atoms with E-state index in [1.165, 1.54) is 30.8 Å². The fourth-order valence-electron chi connectivity index (χ4n) is 2.43. The van der Waals surface area contributed by atoms with Gasteiger partial charge in [-0.3, -0.25) is 14.9 Å². The van der Waals surface area contributed by atoms with Gasteiger partial charge in [0.25, 0.3) is 5.69 Å². The van der Waals surface area contributed by atoms with E-state index in [1.54, 1.807) is 6.07 Å². The van der Waals surface area contributed by atoms with E-state index < -0.39 is 4.92 Å². The Balaban J connectivity index is 1.74. The van der Waals surface area contributed by atoms with Crippen LogP contribution in [0, 0.1) is 10.1 Å². The van der Waals surface area contributed by atoms with E-state index in [0.29, 0.717) is 35.8 Å². The third-order valence-corrected chi connectivity index (χ3v) is 4.84. The van der Waals surface area contributed by atoms with Gasteiger partial charge in [0, 0.05) is 18.1 Å². The molecule has 0 N–H and O–H groups in total. The molecular weight excluding hydrogens is 366 g/mol. The summed E-state index contributed by atoms with van der Waals surface area (Å²) in [5, 5.41) is 20.2. The summed E-state index contributed by atoms with van der Waals surface area (Å²) >= 11 is 1.33. The zero-order chi connectivity index (χ0) is 19.2. The summed E-state index contributed by atoms with van der Waals surface area (Å²) in [6, 6.07) is 14.1. The van der Waals surface area contributed by atoms with Gasteiger partial charge in [-0.15, -0.1) is 16.9 Å². The Kier molecular flexibility index (Phi) is 5.97. The molecule has 2 aromatic rings. The lowest BCUT2D eigenvalue weighted by Crippen LogP contribution is -2.05. The number of carbonyl (C=O) groups excluding carboxylic acids is 1. The molecule has 0 saturated heterocycles. The molecule has 0 aliphatic carbocycles. The third-order valence-electron chi connectivity index (χ3n) is 3.73. The van der Waals surface area contributed by atoms with Gasteiger partial charge < -0.3 is 4.74 Å². The molecule has 0 unspecified atom stereocenters. The highest BCUT2D eigenvalue weighted by atomic mass is 32.2. The van der Waals surface area contributed by atoms with Crippen molar-refractivity contribution in [2.45, 2.75) is 20.0 Å². The van der Waals surface area contributed by atoms with Gasteiger partial charge in [-0.1, -0.05) is 30.3 Å². The van der Waals surface area contributed by atoms with Gasteiger partial charge in [0.1, 0.15) is 23.2 Å². The Hall–Kier alpha value is -3.00. The molecule has 0 saturated carbocycles. The SMILES string of the molecule is CC(=O)CSC1=NN=C(c2cc(OCc3ccccc3)cc([N+](=O)[O-])c2)C1. The number of hydrogen-bond acceptors (Lipinski definition) is 7. The number of nitrogens with zero attached hydrogens (tertiary/aromatic N) is 3. The summed E-state index contributed by atoms with van der Waals surface area (Å²) in [4.78, 5) is 21.9. The second-order valence-corrected chi connectivity index (χ2v) is 7.00. The quantitative estimate of drug-likeness (QED) is 0.532. The maximum Gasteiger partial charge on any atom is 0.273 e. The molecule has 0 aromatic heterocycles. The average molecular weight is 383 g/mol. The molecule has 2 aromatic carbocycles. The van der Waals surface area contributed by atoms with E-state index in [2.05, 4.69) is 10.2 Å². The maximum atomic E-state index is 11.3. The molecule has 0 atom stereocenters. The van der Waals surface area contributed by atoms with Crippen LogP contribution < -0.4 is 4.74 Å². The van der Waals surface area contributed by atoms with E-state index in [1.807, 2.05) is 30.3 Å². The van der Waals surface area contributed by atoms with Crippen LogP contribution in [0.1, 0.15) is 24.5 Å². The minimum absolute atomic E-state index is 0.0584. The standard InChI is InChI=1S/C19H17N3O4S/c1-13(23)12-27-19-10-18(20-21-19)15-7-16(22(24)25)9-17(8-15)26-11-14-5-3-2-4-6-14/h2-9H,10-12H2,1H3. The van der Waals surface area contributed by atoms with Gasteiger partial charge >= 0.3 is 0 Å². The van der Waals surface area contributed by atoms with Crippen molar-refractivity contribution in [1.82, 2.24) is 0 Å². The Morgan fingerprint density at radius 2 is 2.00 bits per heavy atom. The summed E-state index contributed by atoms with van der Waals surface area (Å²) in [5.74, 6) is 0.792. The molecule has 0 spiro atoms. The first-order chi connectivity index (χ1) is 13.0. The highest BCUT2D eigenvalue weighted by molar-refractivity contribution is 8.14. The van der Waals surface area contributed by atoms with Gasteiger partial charge in [0.15, 0.2) is 0 Å². The number of Topliss-reactive ketones (excluding diaryl/α,β-unsaturated/α-hetero) is 1. The fraction of sp³-hybridized carbons (Fsp3) is 0.211. The lowest BCUT2D eigenvalue weighted by Gasteiger charge is -2.09. The zero-order valence-corrected chi connectivity index (χ0v) is 15.4. The van der Waals surface area contributed by atoms with Crippen molar-refractivity contribution in [2.24, 2.45) is 10.2 Å². The average Bonchev–Trinajstić information content (AvgIpc) is 3.14. The molecule has 27 heavy (non-hydrogen) atoms. The third kappa shape index (κ3) is 5.24. The largest absolute Gasteiger partial charge is 0.489 e. The number of non-ortho nitro benzene ring substituents is 1. The minimum atomic E-state index is -0.458. The van der Waals surface area contributed by atoms with E-state index in [-0.39, 0.29) is 11.5 Å². The molecule has 0 amide bonds. The molecule has 7 nitrogen and oxygen atoms in total. The van der Waals surface area contributed by atoms with E-state index in [4.69, 9.17) is 4.74 Å². The van der Waals surface area contributed by atoms with Crippen LogP contribution in [-0.4, -0.2) is 27.2 Å². The van der Waals surface area contributed by atoms with Crippen molar-refractivity contribution in [3.63, 3.8) is 0 Å². The Labute approximate surface area is 160 Å². The zero-order valence-electron chi connectivity index (χ0n) is 14.6. The number of thioether (sulfide) groups is 1. The first-order valence-electron chi connectivity index (χ1n) is 8.23. The van der Waals surface area contributed by atoms with E-state index >= 15 is 0 Å². The van der Waals surface area contributed by atoms with Crippen LogP contribution in [0.2, 0.25) is 0 Å². The molecule has 0 fully saturated rings. The Bertz CT molecular complexity index is 926.